The normalized spacial score (nSPS) is 9.93. The molecule has 1 N–H and O–H groups in total. The molecule has 14 heavy (non-hydrogen) atoms. The van der Waals surface area contributed by atoms with E-state index < -0.39 is 17.5 Å². The Balaban J connectivity index is 2.66. The van der Waals surface area contributed by atoms with Gasteiger partial charge in [-0.1, -0.05) is 0 Å². The lowest BCUT2D eigenvalue weighted by Gasteiger charge is -2.04. The number of carbonyl (C=O) groups excluding carboxylic acids is 1. The van der Waals surface area contributed by atoms with Gasteiger partial charge in [0.25, 0.3) is 0 Å². The first-order valence-corrected chi connectivity index (χ1v) is 4.43. The van der Waals surface area contributed by atoms with Gasteiger partial charge in [0.1, 0.15) is 17.5 Å². The van der Waals surface area contributed by atoms with Crippen molar-refractivity contribution in [3.63, 3.8) is 0 Å². The molecule has 0 bridgehead atoms. The van der Waals surface area contributed by atoms with Gasteiger partial charge < -0.3 is 5.32 Å². The van der Waals surface area contributed by atoms with Gasteiger partial charge in [0.05, 0.1) is 0 Å². The number of carbonyl (C=O) groups is 1. The lowest BCUT2D eigenvalue weighted by molar-refractivity contribution is -0.118. The Bertz CT molecular complexity index is 344. The lowest BCUT2D eigenvalue weighted by Crippen LogP contribution is -2.24. The highest BCUT2D eigenvalue weighted by Crippen LogP contribution is 2.08. The summed E-state index contributed by atoms with van der Waals surface area (Å²) in [5.74, 6) is -1.71. The highest BCUT2D eigenvalue weighted by Gasteiger charge is 2.05. The summed E-state index contributed by atoms with van der Waals surface area (Å²) in [6.45, 7) is -0.0604. The van der Waals surface area contributed by atoms with E-state index in [1.807, 2.05) is 0 Å². The minimum Gasteiger partial charge on any atom is -0.351 e. The third-order valence-electron chi connectivity index (χ3n) is 1.61. The second-order valence-electron chi connectivity index (χ2n) is 2.65. The van der Waals surface area contributed by atoms with E-state index >= 15 is 0 Å². The van der Waals surface area contributed by atoms with Crippen LogP contribution in [0.2, 0.25) is 0 Å². The predicted octanol–water partition coefficient (Wildman–Crippen LogP) is 1.82. The first-order valence-electron chi connectivity index (χ1n) is 3.90. The van der Waals surface area contributed by atoms with Crippen LogP contribution >= 0.6 is 11.6 Å². The fraction of sp³-hybridized carbons (Fsp3) is 0.222. The molecule has 5 heteroatoms. The summed E-state index contributed by atoms with van der Waals surface area (Å²) in [6, 6.07) is 3.06. The number of alkyl halides is 1. The van der Waals surface area contributed by atoms with E-state index in [0.717, 1.165) is 18.2 Å². The average Bonchev–Trinajstić information content (AvgIpc) is 2.19. The minimum absolute atomic E-state index is 0.0604. The zero-order chi connectivity index (χ0) is 10.6. The summed E-state index contributed by atoms with van der Waals surface area (Å²) < 4.78 is 25.6. The van der Waals surface area contributed by atoms with Crippen LogP contribution in [0, 0.1) is 11.6 Å². The van der Waals surface area contributed by atoms with Gasteiger partial charge in [0.2, 0.25) is 5.91 Å². The summed E-state index contributed by atoms with van der Waals surface area (Å²) in [4.78, 5) is 10.7. The van der Waals surface area contributed by atoms with Crippen molar-refractivity contribution in [1.29, 1.82) is 0 Å². The van der Waals surface area contributed by atoms with Gasteiger partial charge in [0, 0.05) is 12.1 Å². The van der Waals surface area contributed by atoms with E-state index in [1.54, 1.807) is 0 Å². The summed E-state index contributed by atoms with van der Waals surface area (Å²) >= 11 is 5.21. The standard InChI is InChI=1S/C9H8ClF2NO/c10-4-9(14)13-5-6-3-7(11)1-2-8(6)12/h1-3H,4-5H2,(H,13,14). The van der Waals surface area contributed by atoms with E-state index in [2.05, 4.69) is 5.32 Å². The van der Waals surface area contributed by atoms with Crippen LogP contribution < -0.4 is 5.32 Å². The van der Waals surface area contributed by atoms with E-state index in [9.17, 15) is 13.6 Å². The number of hydrogen-bond donors (Lipinski definition) is 1. The molecular weight excluding hydrogens is 212 g/mol. The highest BCUT2D eigenvalue weighted by molar-refractivity contribution is 6.27. The van der Waals surface area contributed by atoms with E-state index in [4.69, 9.17) is 11.6 Å². The zero-order valence-electron chi connectivity index (χ0n) is 7.19. The van der Waals surface area contributed by atoms with Crippen LogP contribution in [0.1, 0.15) is 5.56 Å². The summed E-state index contributed by atoms with van der Waals surface area (Å²) in [5, 5.41) is 2.34. The van der Waals surface area contributed by atoms with Crippen molar-refractivity contribution in [1.82, 2.24) is 5.32 Å². The number of nitrogens with one attached hydrogen (secondary N) is 1. The number of hydrogen-bond acceptors (Lipinski definition) is 1. The SMILES string of the molecule is O=C(CCl)NCc1cc(F)ccc1F. The smallest absolute Gasteiger partial charge is 0.235 e. The molecule has 0 atom stereocenters. The molecule has 0 aliphatic carbocycles. The maximum Gasteiger partial charge on any atom is 0.235 e. The first-order chi connectivity index (χ1) is 6.63. The number of amides is 1. The second-order valence-corrected chi connectivity index (χ2v) is 2.91. The minimum atomic E-state index is -0.554. The van der Waals surface area contributed by atoms with E-state index in [-0.39, 0.29) is 18.0 Å². The van der Waals surface area contributed by atoms with Crippen molar-refractivity contribution in [3.05, 3.63) is 35.4 Å². The maximum atomic E-state index is 13.0. The molecule has 0 saturated carbocycles. The van der Waals surface area contributed by atoms with Crippen LogP contribution in [0.15, 0.2) is 18.2 Å². The molecule has 0 aliphatic rings. The molecule has 1 rings (SSSR count). The fourth-order valence-electron chi connectivity index (χ4n) is 0.920. The molecule has 0 saturated heterocycles. The van der Waals surface area contributed by atoms with E-state index in [1.165, 1.54) is 0 Å². The van der Waals surface area contributed by atoms with Crippen LogP contribution in [0.3, 0.4) is 0 Å². The zero-order valence-corrected chi connectivity index (χ0v) is 7.94. The van der Waals surface area contributed by atoms with Crippen molar-refractivity contribution in [2.24, 2.45) is 0 Å². The quantitative estimate of drug-likeness (QED) is 0.772. The molecule has 2 nitrogen and oxygen atoms in total. The van der Waals surface area contributed by atoms with E-state index in [0.29, 0.717) is 0 Å². The van der Waals surface area contributed by atoms with Gasteiger partial charge in [0.15, 0.2) is 0 Å². The molecule has 0 radical (unpaired) electrons. The monoisotopic (exact) mass is 219 g/mol. The lowest BCUT2D eigenvalue weighted by atomic mass is 10.2. The van der Waals surface area contributed by atoms with Gasteiger partial charge in [-0.05, 0) is 18.2 Å². The van der Waals surface area contributed by atoms with Crippen LogP contribution in [-0.2, 0) is 11.3 Å². The van der Waals surface area contributed by atoms with Crippen molar-refractivity contribution >= 4 is 17.5 Å². The molecule has 1 aromatic carbocycles. The average molecular weight is 220 g/mol. The summed E-state index contributed by atoms with van der Waals surface area (Å²) in [7, 11) is 0. The van der Waals surface area contributed by atoms with Gasteiger partial charge in [-0.15, -0.1) is 11.6 Å². The van der Waals surface area contributed by atoms with Crippen LogP contribution in [0.5, 0.6) is 0 Å². The first kappa shape index (κ1) is 10.9. The number of halogens is 3. The maximum absolute atomic E-state index is 13.0. The highest BCUT2D eigenvalue weighted by atomic mass is 35.5. The van der Waals surface area contributed by atoms with Crippen molar-refractivity contribution in [3.8, 4) is 0 Å². The second kappa shape index (κ2) is 4.91. The largest absolute Gasteiger partial charge is 0.351 e. The summed E-state index contributed by atoms with van der Waals surface area (Å²) in [6.07, 6.45) is 0. The van der Waals surface area contributed by atoms with Crippen LogP contribution in [-0.4, -0.2) is 11.8 Å². The molecule has 1 amide bonds. The van der Waals surface area contributed by atoms with Gasteiger partial charge in [-0.25, -0.2) is 8.78 Å². The Morgan fingerprint density at radius 3 is 2.79 bits per heavy atom. The molecular formula is C9H8ClF2NO. The van der Waals surface area contributed by atoms with Crippen LogP contribution in [0.25, 0.3) is 0 Å². The Labute approximate surface area is 84.9 Å². The van der Waals surface area contributed by atoms with Gasteiger partial charge >= 0.3 is 0 Å². The molecule has 0 aromatic heterocycles. The van der Waals surface area contributed by atoms with Crippen LogP contribution in [0.4, 0.5) is 8.78 Å². The third-order valence-corrected chi connectivity index (χ3v) is 1.85. The Morgan fingerprint density at radius 2 is 2.14 bits per heavy atom. The Kier molecular flexibility index (Phi) is 3.83. The Morgan fingerprint density at radius 1 is 1.43 bits per heavy atom. The molecule has 0 aliphatic heterocycles. The van der Waals surface area contributed by atoms with Crippen molar-refractivity contribution in [2.45, 2.75) is 6.54 Å². The molecule has 1 aromatic rings. The van der Waals surface area contributed by atoms with Gasteiger partial charge in [-0.2, -0.15) is 0 Å². The predicted molar refractivity (Wildman–Crippen MR) is 48.9 cm³/mol. The van der Waals surface area contributed by atoms with Crippen molar-refractivity contribution in [2.75, 3.05) is 5.88 Å². The molecule has 76 valence electrons. The summed E-state index contributed by atoms with van der Waals surface area (Å²) in [5.41, 5.74) is 0.100. The third kappa shape index (κ3) is 2.96. The molecule has 0 unspecified atom stereocenters. The number of rotatable bonds is 3. The van der Waals surface area contributed by atoms with Crippen molar-refractivity contribution < 1.29 is 13.6 Å². The molecule has 0 fully saturated rings. The van der Waals surface area contributed by atoms with Gasteiger partial charge in [-0.3, -0.25) is 4.79 Å². The molecule has 0 heterocycles. The number of benzene rings is 1. The topological polar surface area (TPSA) is 29.1 Å². The molecule has 0 spiro atoms. The fourth-order valence-corrected chi connectivity index (χ4v) is 1.01. The Hall–Kier alpha value is -1.16.